The van der Waals surface area contributed by atoms with Crippen LogP contribution in [0.15, 0.2) is 18.2 Å². The number of rotatable bonds is 4. The third-order valence-corrected chi connectivity index (χ3v) is 2.19. The van der Waals surface area contributed by atoms with Gasteiger partial charge in [-0.05, 0) is 25.0 Å². The molecule has 0 saturated carbocycles. The van der Waals surface area contributed by atoms with Crippen molar-refractivity contribution < 1.29 is 8.78 Å². The molecule has 0 radical (unpaired) electrons. The minimum atomic E-state index is -0.503. The van der Waals surface area contributed by atoms with E-state index in [1.807, 2.05) is 6.92 Å². The standard InChI is InChI=1S/C11H15F2N/c1-2-4-8(14)7-9-10(12)5-3-6-11(9)13/h3,5-6,8H,2,4,7,14H2,1H3. The molecule has 1 rings (SSSR count). The summed E-state index contributed by atoms with van der Waals surface area (Å²) < 4.78 is 26.3. The van der Waals surface area contributed by atoms with E-state index in [4.69, 9.17) is 5.73 Å². The van der Waals surface area contributed by atoms with Crippen molar-refractivity contribution in [3.05, 3.63) is 35.4 Å². The van der Waals surface area contributed by atoms with Crippen LogP contribution in [0.1, 0.15) is 25.3 Å². The van der Waals surface area contributed by atoms with Gasteiger partial charge in [0.1, 0.15) is 11.6 Å². The molecule has 2 N–H and O–H groups in total. The normalized spacial score (nSPS) is 12.9. The summed E-state index contributed by atoms with van der Waals surface area (Å²) >= 11 is 0. The van der Waals surface area contributed by atoms with Gasteiger partial charge < -0.3 is 5.73 Å². The Morgan fingerprint density at radius 3 is 2.36 bits per heavy atom. The van der Waals surface area contributed by atoms with Gasteiger partial charge in [-0.1, -0.05) is 19.4 Å². The number of hydrogen-bond acceptors (Lipinski definition) is 1. The van der Waals surface area contributed by atoms with E-state index in [1.165, 1.54) is 18.2 Å². The van der Waals surface area contributed by atoms with Crippen LogP contribution in [0.2, 0.25) is 0 Å². The lowest BCUT2D eigenvalue weighted by atomic mass is 10.0. The van der Waals surface area contributed by atoms with E-state index in [1.54, 1.807) is 0 Å². The maximum absolute atomic E-state index is 13.2. The molecule has 0 fully saturated rings. The van der Waals surface area contributed by atoms with Crippen molar-refractivity contribution in [3.8, 4) is 0 Å². The molecule has 1 unspecified atom stereocenters. The molecule has 0 aromatic heterocycles. The molecule has 3 heteroatoms. The van der Waals surface area contributed by atoms with Crippen molar-refractivity contribution in [1.82, 2.24) is 0 Å². The van der Waals surface area contributed by atoms with Gasteiger partial charge in [-0.25, -0.2) is 8.78 Å². The third-order valence-electron chi connectivity index (χ3n) is 2.19. The third kappa shape index (κ3) is 2.77. The van der Waals surface area contributed by atoms with E-state index in [9.17, 15) is 8.78 Å². The van der Waals surface area contributed by atoms with Gasteiger partial charge in [0.2, 0.25) is 0 Å². The summed E-state index contributed by atoms with van der Waals surface area (Å²) in [5, 5.41) is 0. The molecule has 78 valence electrons. The fourth-order valence-corrected chi connectivity index (χ4v) is 1.46. The molecule has 0 aliphatic heterocycles. The van der Waals surface area contributed by atoms with Gasteiger partial charge in [-0.2, -0.15) is 0 Å². The van der Waals surface area contributed by atoms with E-state index < -0.39 is 11.6 Å². The Bertz CT molecular complexity index is 279. The van der Waals surface area contributed by atoms with Gasteiger partial charge in [0.05, 0.1) is 0 Å². The highest BCUT2D eigenvalue weighted by molar-refractivity contribution is 5.20. The Morgan fingerprint density at radius 1 is 1.29 bits per heavy atom. The molecule has 0 heterocycles. The molecule has 1 aromatic carbocycles. The average molecular weight is 199 g/mol. The SMILES string of the molecule is CCCC(N)Cc1c(F)cccc1F. The number of halogens is 2. The van der Waals surface area contributed by atoms with Gasteiger partial charge in [-0.3, -0.25) is 0 Å². The smallest absolute Gasteiger partial charge is 0.129 e. The first kappa shape index (κ1) is 11.1. The maximum Gasteiger partial charge on any atom is 0.129 e. The zero-order valence-corrected chi connectivity index (χ0v) is 8.26. The minimum Gasteiger partial charge on any atom is -0.327 e. The van der Waals surface area contributed by atoms with Crippen molar-refractivity contribution in [3.63, 3.8) is 0 Å². The van der Waals surface area contributed by atoms with Crippen LogP contribution in [0.4, 0.5) is 8.78 Å². The largest absolute Gasteiger partial charge is 0.327 e. The van der Waals surface area contributed by atoms with Gasteiger partial charge in [-0.15, -0.1) is 0 Å². The summed E-state index contributed by atoms with van der Waals surface area (Å²) in [7, 11) is 0. The van der Waals surface area contributed by atoms with Gasteiger partial charge >= 0.3 is 0 Å². The summed E-state index contributed by atoms with van der Waals surface area (Å²) in [6, 6.07) is 3.72. The lowest BCUT2D eigenvalue weighted by Crippen LogP contribution is -2.23. The topological polar surface area (TPSA) is 26.0 Å². The minimum absolute atomic E-state index is 0.105. The van der Waals surface area contributed by atoms with Crippen LogP contribution in [-0.2, 0) is 6.42 Å². The van der Waals surface area contributed by atoms with E-state index in [0.29, 0.717) is 0 Å². The van der Waals surface area contributed by atoms with Crippen LogP contribution in [-0.4, -0.2) is 6.04 Å². The summed E-state index contributed by atoms with van der Waals surface area (Å²) in [6.07, 6.45) is 1.98. The van der Waals surface area contributed by atoms with E-state index in [2.05, 4.69) is 0 Å². The molecular weight excluding hydrogens is 184 g/mol. The highest BCUT2D eigenvalue weighted by Crippen LogP contribution is 2.14. The second kappa shape index (κ2) is 5.05. The molecule has 1 aromatic rings. The predicted molar refractivity (Wildman–Crippen MR) is 52.9 cm³/mol. The Kier molecular flexibility index (Phi) is 4.01. The van der Waals surface area contributed by atoms with E-state index >= 15 is 0 Å². The molecule has 0 aliphatic rings. The first-order valence-electron chi connectivity index (χ1n) is 4.83. The first-order valence-corrected chi connectivity index (χ1v) is 4.83. The summed E-state index contributed by atoms with van der Waals surface area (Å²) in [4.78, 5) is 0. The van der Waals surface area contributed by atoms with Crippen molar-refractivity contribution in [2.75, 3.05) is 0 Å². The maximum atomic E-state index is 13.2. The fraction of sp³-hybridized carbons (Fsp3) is 0.455. The van der Waals surface area contributed by atoms with Crippen LogP contribution in [0.25, 0.3) is 0 Å². The quantitative estimate of drug-likeness (QED) is 0.792. The zero-order valence-electron chi connectivity index (χ0n) is 8.26. The van der Waals surface area contributed by atoms with Gasteiger partial charge in [0.15, 0.2) is 0 Å². The van der Waals surface area contributed by atoms with E-state index in [0.717, 1.165) is 12.8 Å². The lowest BCUT2D eigenvalue weighted by Gasteiger charge is -2.11. The van der Waals surface area contributed by atoms with Crippen LogP contribution < -0.4 is 5.73 Å². The first-order chi connectivity index (χ1) is 6.65. The van der Waals surface area contributed by atoms with Crippen LogP contribution in [0.5, 0.6) is 0 Å². The van der Waals surface area contributed by atoms with E-state index in [-0.39, 0.29) is 18.0 Å². The van der Waals surface area contributed by atoms with Gasteiger partial charge in [0.25, 0.3) is 0 Å². The fourth-order valence-electron chi connectivity index (χ4n) is 1.46. The average Bonchev–Trinajstić information content (AvgIpc) is 2.12. The molecule has 14 heavy (non-hydrogen) atoms. The molecular formula is C11H15F2N. The highest BCUT2D eigenvalue weighted by Gasteiger charge is 2.11. The monoisotopic (exact) mass is 199 g/mol. The zero-order chi connectivity index (χ0) is 10.6. The van der Waals surface area contributed by atoms with Crippen molar-refractivity contribution >= 4 is 0 Å². The second-order valence-electron chi connectivity index (χ2n) is 3.45. The van der Waals surface area contributed by atoms with Crippen molar-refractivity contribution in [1.29, 1.82) is 0 Å². The van der Waals surface area contributed by atoms with Crippen LogP contribution in [0.3, 0.4) is 0 Å². The van der Waals surface area contributed by atoms with Crippen LogP contribution in [0, 0.1) is 11.6 Å². The molecule has 0 amide bonds. The summed E-state index contributed by atoms with van der Waals surface area (Å²) in [5.74, 6) is -1.01. The lowest BCUT2D eigenvalue weighted by molar-refractivity contribution is 0.521. The van der Waals surface area contributed by atoms with Gasteiger partial charge in [0, 0.05) is 11.6 Å². The molecule has 0 saturated heterocycles. The Morgan fingerprint density at radius 2 is 1.86 bits per heavy atom. The summed E-state index contributed by atoms with van der Waals surface area (Å²) in [6.45, 7) is 2.00. The van der Waals surface area contributed by atoms with Crippen LogP contribution >= 0.6 is 0 Å². The second-order valence-corrected chi connectivity index (χ2v) is 3.45. The Labute approximate surface area is 82.9 Å². The molecule has 0 bridgehead atoms. The number of hydrogen-bond donors (Lipinski definition) is 1. The Hall–Kier alpha value is -0.960. The Balaban J connectivity index is 2.75. The summed E-state index contributed by atoms with van der Waals surface area (Å²) in [5.41, 5.74) is 5.83. The number of nitrogens with two attached hydrogens (primary N) is 1. The molecule has 1 atom stereocenters. The van der Waals surface area contributed by atoms with Crippen molar-refractivity contribution in [2.24, 2.45) is 5.73 Å². The highest BCUT2D eigenvalue weighted by atomic mass is 19.1. The van der Waals surface area contributed by atoms with Crippen molar-refractivity contribution in [2.45, 2.75) is 32.2 Å². The molecule has 0 aliphatic carbocycles. The molecule has 1 nitrogen and oxygen atoms in total. The predicted octanol–water partition coefficient (Wildman–Crippen LogP) is 2.63. The number of benzene rings is 1. The molecule has 0 spiro atoms.